The van der Waals surface area contributed by atoms with Gasteiger partial charge < -0.3 is 5.11 Å². The highest BCUT2D eigenvalue weighted by atomic mass is 16.3. The Balaban J connectivity index is 1.73. The van der Waals surface area contributed by atoms with Crippen molar-refractivity contribution in [1.82, 2.24) is 0 Å². The van der Waals surface area contributed by atoms with E-state index in [1.807, 2.05) is 6.08 Å². The highest BCUT2D eigenvalue weighted by molar-refractivity contribution is 6.01. The van der Waals surface area contributed by atoms with Crippen LogP contribution in [0.4, 0.5) is 0 Å². The molecule has 0 aliphatic heterocycles. The Bertz CT molecular complexity index is 717. The van der Waals surface area contributed by atoms with Gasteiger partial charge in [0.15, 0.2) is 11.6 Å². The number of rotatable bonds is 2. The average molecular weight is 342 g/mol. The van der Waals surface area contributed by atoms with Gasteiger partial charge in [-0.1, -0.05) is 25.5 Å². The fourth-order valence-corrected chi connectivity index (χ4v) is 6.67. The number of Topliss-reactive ketones (excluding diaryl/α,β-unsaturated/α-hetero) is 2. The first kappa shape index (κ1) is 16.9. The minimum atomic E-state index is -0.426. The molecule has 0 amide bonds. The number of fused-ring (bicyclic) bond motifs is 5. The van der Waals surface area contributed by atoms with Gasteiger partial charge in [-0.3, -0.25) is 14.4 Å². The van der Waals surface area contributed by atoms with Gasteiger partial charge in [0.1, 0.15) is 12.4 Å². The SMILES string of the molecule is C[C@]12C=CC(=O)C=C1CC[C@@H]1C2C(=O)C[C@@]2(C)C1CC[C@@H]2C(=O)CO. The van der Waals surface area contributed by atoms with Crippen LogP contribution in [0.3, 0.4) is 0 Å². The maximum absolute atomic E-state index is 13.3. The molecule has 4 aliphatic rings. The van der Waals surface area contributed by atoms with E-state index in [9.17, 15) is 19.5 Å². The molecule has 4 aliphatic carbocycles. The van der Waals surface area contributed by atoms with Crippen molar-refractivity contribution in [2.24, 2.45) is 34.5 Å². The third kappa shape index (κ3) is 2.19. The van der Waals surface area contributed by atoms with Crippen LogP contribution in [0.25, 0.3) is 0 Å². The number of ketones is 3. The molecule has 2 unspecified atom stereocenters. The van der Waals surface area contributed by atoms with Crippen LogP contribution in [0, 0.1) is 34.5 Å². The number of hydrogen-bond donors (Lipinski definition) is 1. The predicted molar refractivity (Wildman–Crippen MR) is 92.6 cm³/mol. The topological polar surface area (TPSA) is 71.4 Å². The van der Waals surface area contributed by atoms with E-state index >= 15 is 0 Å². The number of carbonyl (C=O) groups is 3. The van der Waals surface area contributed by atoms with Crippen molar-refractivity contribution in [2.75, 3.05) is 6.61 Å². The summed E-state index contributed by atoms with van der Waals surface area (Å²) in [7, 11) is 0. The lowest BCUT2D eigenvalue weighted by Crippen LogP contribution is -2.54. The summed E-state index contributed by atoms with van der Waals surface area (Å²) in [5.74, 6) is 0.477. The second-order valence-electron chi connectivity index (χ2n) is 8.88. The number of aliphatic hydroxyl groups excluding tert-OH is 1. The third-order valence-corrected chi connectivity index (χ3v) is 7.80. The van der Waals surface area contributed by atoms with Crippen LogP contribution in [0.1, 0.15) is 46.0 Å². The van der Waals surface area contributed by atoms with E-state index in [1.54, 1.807) is 12.2 Å². The largest absolute Gasteiger partial charge is 0.389 e. The van der Waals surface area contributed by atoms with Crippen LogP contribution in [0.5, 0.6) is 0 Å². The van der Waals surface area contributed by atoms with Crippen molar-refractivity contribution in [3.8, 4) is 0 Å². The lowest BCUT2D eigenvalue weighted by molar-refractivity contribution is -0.146. The zero-order valence-corrected chi connectivity index (χ0v) is 15.0. The molecule has 25 heavy (non-hydrogen) atoms. The molecule has 6 atom stereocenters. The Morgan fingerprint density at radius 1 is 1.24 bits per heavy atom. The molecule has 3 fully saturated rings. The van der Waals surface area contributed by atoms with Crippen molar-refractivity contribution in [3.05, 3.63) is 23.8 Å². The Morgan fingerprint density at radius 2 is 2.00 bits per heavy atom. The maximum Gasteiger partial charge on any atom is 0.178 e. The van der Waals surface area contributed by atoms with E-state index in [0.717, 1.165) is 31.3 Å². The molecule has 4 rings (SSSR count). The summed E-state index contributed by atoms with van der Waals surface area (Å²) in [6.45, 7) is 3.76. The Hall–Kier alpha value is -1.55. The van der Waals surface area contributed by atoms with Crippen molar-refractivity contribution in [2.45, 2.75) is 46.0 Å². The summed E-state index contributed by atoms with van der Waals surface area (Å²) >= 11 is 0. The monoisotopic (exact) mass is 342 g/mol. The van der Waals surface area contributed by atoms with Crippen LogP contribution in [-0.4, -0.2) is 29.1 Å². The molecular formula is C21H26O4. The van der Waals surface area contributed by atoms with Gasteiger partial charge in [-0.25, -0.2) is 0 Å². The molecule has 4 heteroatoms. The van der Waals surface area contributed by atoms with E-state index in [2.05, 4.69) is 13.8 Å². The quantitative estimate of drug-likeness (QED) is 0.837. The normalized spacial score (nSPS) is 45.5. The Morgan fingerprint density at radius 3 is 2.72 bits per heavy atom. The number of carbonyl (C=O) groups excluding carboxylic acids is 3. The summed E-state index contributed by atoms with van der Waals surface area (Å²) < 4.78 is 0. The zero-order valence-electron chi connectivity index (χ0n) is 15.0. The average Bonchev–Trinajstić information content (AvgIpc) is 2.91. The van der Waals surface area contributed by atoms with Crippen LogP contribution < -0.4 is 0 Å². The smallest absolute Gasteiger partial charge is 0.178 e. The maximum atomic E-state index is 13.3. The van der Waals surface area contributed by atoms with Gasteiger partial charge in [0.25, 0.3) is 0 Å². The van der Waals surface area contributed by atoms with E-state index in [-0.39, 0.29) is 45.9 Å². The molecule has 0 saturated heterocycles. The van der Waals surface area contributed by atoms with Gasteiger partial charge in [-0.15, -0.1) is 0 Å². The van der Waals surface area contributed by atoms with E-state index in [1.165, 1.54) is 0 Å². The van der Waals surface area contributed by atoms with Crippen molar-refractivity contribution < 1.29 is 19.5 Å². The highest BCUT2D eigenvalue weighted by Gasteiger charge is 2.62. The van der Waals surface area contributed by atoms with Crippen LogP contribution >= 0.6 is 0 Å². The van der Waals surface area contributed by atoms with Gasteiger partial charge in [-0.2, -0.15) is 0 Å². The molecule has 0 aromatic rings. The lowest BCUT2D eigenvalue weighted by Gasteiger charge is -2.55. The molecule has 0 spiro atoms. The predicted octanol–water partition coefficient (Wildman–Crippen LogP) is 2.65. The van der Waals surface area contributed by atoms with Crippen molar-refractivity contribution >= 4 is 17.3 Å². The van der Waals surface area contributed by atoms with Crippen LogP contribution in [-0.2, 0) is 14.4 Å². The molecular weight excluding hydrogens is 316 g/mol. The standard InChI is InChI=1S/C21H26O4/c1-20-8-7-13(23)9-12(20)3-4-14-15-5-6-16(18(25)11-22)21(15,2)10-17(24)19(14)20/h7-9,14-16,19,22H,3-6,10-11H2,1-2H3/t14-,15?,16+,19?,20-,21-/m0/s1. The Labute approximate surface area is 148 Å². The zero-order chi connectivity index (χ0) is 18.0. The highest BCUT2D eigenvalue weighted by Crippen LogP contribution is 2.64. The van der Waals surface area contributed by atoms with Crippen LogP contribution in [0.15, 0.2) is 23.8 Å². The van der Waals surface area contributed by atoms with Gasteiger partial charge >= 0.3 is 0 Å². The molecule has 134 valence electrons. The molecule has 0 aromatic heterocycles. The second kappa shape index (κ2) is 5.47. The third-order valence-electron chi connectivity index (χ3n) is 7.80. The molecule has 0 heterocycles. The molecule has 0 radical (unpaired) electrons. The molecule has 1 N–H and O–H groups in total. The summed E-state index contributed by atoms with van der Waals surface area (Å²) in [4.78, 5) is 37.3. The van der Waals surface area contributed by atoms with Gasteiger partial charge in [0.2, 0.25) is 0 Å². The molecule has 0 aromatic carbocycles. The van der Waals surface area contributed by atoms with Crippen molar-refractivity contribution in [3.63, 3.8) is 0 Å². The Kier molecular flexibility index (Phi) is 3.70. The first-order valence-corrected chi connectivity index (χ1v) is 9.42. The van der Waals surface area contributed by atoms with E-state index < -0.39 is 6.61 Å². The number of aliphatic hydroxyl groups is 1. The minimum absolute atomic E-state index is 0.0218. The van der Waals surface area contributed by atoms with Gasteiger partial charge in [0.05, 0.1) is 0 Å². The lowest BCUT2D eigenvalue weighted by atomic mass is 9.47. The van der Waals surface area contributed by atoms with Crippen LogP contribution in [0.2, 0.25) is 0 Å². The molecule has 3 saturated carbocycles. The number of hydrogen-bond acceptors (Lipinski definition) is 4. The first-order chi connectivity index (χ1) is 11.8. The van der Waals surface area contributed by atoms with Gasteiger partial charge in [0, 0.05) is 23.7 Å². The first-order valence-electron chi connectivity index (χ1n) is 9.42. The summed E-state index contributed by atoms with van der Waals surface area (Å²) in [5, 5.41) is 9.34. The second-order valence-corrected chi connectivity index (χ2v) is 8.88. The van der Waals surface area contributed by atoms with Crippen molar-refractivity contribution in [1.29, 1.82) is 0 Å². The van der Waals surface area contributed by atoms with Gasteiger partial charge in [-0.05, 0) is 55.1 Å². The fraction of sp³-hybridized carbons (Fsp3) is 0.667. The fourth-order valence-electron chi connectivity index (χ4n) is 6.67. The molecule has 0 bridgehead atoms. The van der Waals surface area contributed by atoms with E-state index in [4.69, 9.17) is 0 Å². The van der Waals surface area contributed by atoms with E-state index in [0.29, 0.717) is 12.3 Å². The summed E-state index contributed by atoms with van der Waals surface area (Å²) in [6.07, 6.45) is 9.21. The summed E-state index contributed by atoms with van der Waals surface area (Å²) in [6, 6.07) is 0. The summed E-state index contributed by atoms with van der Waals surface area (Å²) in [5.41, 5.74) is 0.428. The molecule has 4 nitrogen and oxygen atoms in total. The number of allylic oxidation sites excluding steroid dienone is 4. The minimum Gasteiger partial charge on any atom is -0.389 e.